The molecule has 0 saturated carbocycles. The predicted octanol–water partition coefficient (Wildman–Crippen LogP) is 2.18. The number of thiazole rings is 1. The van der Waals surface area contributed by atoms with Gasteiger partial charge in [0.2, 0.25) is 10.0 Å². The van der Waals surface area contributed by atoms with E-state index >= 15 is 0 Å². The molecule has 1 aliphatic heterocycles. The summed E-state index contributed by atoms with van der Waals surface area (Å²) < 4.78 is 39.8. The van der Waals surface area contributed by atoms with E-state index < -0.39 is 15.8 Å². The van der Waals surface area contributed by atoms with E-state index in [4.69, 9.17) is 5.73 Å². The number of hydrogen-bond donors (Lipinski definition) is 1. The predicted molar refractivity (Wildman–Crippen MR) is 98.8 cm³/mol. The first-order chi connectivity index (χ1) is 11.4. The maximum absolute atomic E-state index is 13.0. The van der Waals surface area contributed by atoms with E-state index in [1.165, 1.54) is 39.9 Å². The van der Waals surface area contributed by atoms with Gasteiger partial charge in [0.25, 0.3) is 0 Å². The molecule has 1 fully saturated rings. The van der Waals surface area contributed by atoms with Gasteiger partial charge in [-0.1, -0.05) is 0 Å². The summed E-state index contributed by atoms with van der Waals surface area (Å²) in [5.41, 5.74) is 5.64. The van der Waals surface area contributed by atoms with E-state index in [1.54, 1.807) is 6.20 Å². The summed E-state index contributed by atoms with van der Waals surface area (Å²) in [6.45, 7) is 3.04. The highest BCUT2D eigenvalue weighted by atomic mass is 35.5. The number of nitrogen functional groups attached to an aromatic ring is 1. The van der Waals surface area contributed by atoms with E-state index in [-0.39, 0.29) is 17.3 Å². The third-order valence-corrected chi connectivity index (χ3v) is 6.67. The molecule has 0 aliphatic carbocycles. The molecule has 0 amide bonds. The molecule has 138 valence electrons. The van der Waals surface area contributed by atoms with Gasteiger partial charge in [0, 0.05) is 37.3 Å². The average Bonchev–Trinajstić information content (AvgIpc) is 2.81. The molecule has 2 aromatic rings. The standard InChI is InChI=1S/C15H19FN4O2S2.ClH/c16-12-2-4-14(5-3-12)24(21,22)20-7-1-6-19(8-9-20)11-13-10-18-15(17)23-13;/h2-5,10H,1,6-9,11H2,(H2,17,18);1H. The maximum atomic E-state index is 13.0. The van der Waals surface area contributed by atoms with Crippen molar-refractivity contribution in [1.29, 1.82) is 0 Å². The Bertz CT molecular complexity index is 798. The van der Waals surface area contributed by atoms with Crippen molar-refractivity contribution in [3.8, 4) is 0 Å². The lowest BCUT2D eigenvalue weighted by Gasteiger charge is -2.21. The lowest BCUT2D eigenvalue weighted by molar-refractivity contribution is 0.281. The second kappa shape index (κ2) is 8.41. The Hall–Kier alpha value is -1.26. The molecule has 1 saturated heterocycles. The molecule has 0 atom stereocenters. The van der Waals surface area contributed by atoms with Crippen molar-refractivity contribution in [1.82, 2.24) is 14.2 Å². The van der Waals surface area contributed by atoms with Crippen LogP contribution in [0.4, 0.5) is 9.52 Å². The minimum absolute atomic E-state index is 0. The van der Waals surface area contributed by atoms with Crippen molar-refractivity contribution in [3.63, 3.8) is 0 Å². The molecule has 1 aliphatic rings. The number of hydrogen-bond acceptors (Lipinski definition) is 6. The van der Waals surface area contributed by atoms with E-state index in [0.717, 1.165) is 24.4 Å². The first-order valence-electron chi connectivity index (χ1n) is 7.63. The molecule has 0 unspecified atom stereocenters. The fourth-order valence-corrected chi connectivity index (χ4v) is 4.91. The van der Waals surface area contributed by atoms with E-state index in [1.807, 2.05) is 0 Å². The summed E-state index contributed by atoms with van der Waals surface area (Å²) in [6, 6.07) is 4.97. The second-order valence-corrected chi connectivity index (χ2v) is 8.74. The molecule has 10 heteroatoms. The van der Waals surface area contributed by atoms with Crippen molar-refractivity contribution >= 4 is 38.9 Å². The molecule has 2 N–H and O–H groups in total. The molecular weight excluding hydrogens is 387 g/mol. The Kier molecular flexibility index (Phi) is 6.75. The largest absolute Gasteiger partial charge is 0.375 e. The van der Waals surface area contributed by atoms with Crippen molar-refractivity contribution in [2.24, 2.45) is 0 Å². The Morgan fingerprint density at radius 1 is 1.16 bits per heavy atom. The van der Waals surface area contributed by atoms with Crippen LogP contribution in [0, 0.1) is 5.82 Å². The first kappa shape index (κ1) is 20.1. The van der Waals surface area contributed by atoms with Crippen LogP contribution in [-0.4, -0.2) is 48.8 Å². The van der Waals surface area contributed by atoms with Gasteiger partial charge in [-0.3, -0.25) is 4.90 Å². The molecule has 2 heterocycles. The average molecular weight is 407 g/mol. The molecule has 0 spiro atoms. The highest BCUT2D eigenvalue weighted by Crippen LogP contribution is 2.20. The third-order valence-electron chi connectivity index (χ3n) is 3.95. The van der Waals surface area contributed by atoms with Gasteiger partial charge < -0.3 is 5.73 Å². The lowest BCUT2D eigenvalue weighted by Crippen LogP contribution is -2.35. The zero-order valence-electron chi connectivity index (χ0n) is 13.5. The highest BCUT2D eigenvalue weighted by Gasteiger charge is 2.27. The normalized spacial score (nSPS) is 17.0. The fraction of sp³-hybridized carbons (Fsp3) is 0.400. The van der Waals surface area contributed by atoms with Crippen LogP contribution < -0.4 is 5.73 Å². The molecule has 0 bridgehead atoms. The van der Waals surface area contributed by atoms with Crippen LogP contribution >= 0.6 is 23.7 Å². The van der Waals surface area contributed by atoms with Gasteiger partial charge in [-0.25, -0.2) is 17.8 Å². The molecule has 6 nitrogen and oxygen atoms in total. The molecule has 25 heavy (non-hydrogen) atoms. The monoisotopic (exact) mass is 406 g/mol. The smallest absolute Gasteiger partial charge is 0.243 e. The molecule has 3 rings (SSSR count). The van der Waals surface area contributed by atoms with Crippen LogP contribution in [0.25, 0.3) is 0 Å². The summed E-state index contributed by atoms with van der Waals surface area (Å²) in [7, 11) is -3.58. The topological polar surface area (TPSA) is 79.5 Å². The Balaban J connectivity index is 0.00000225. The summed E-state index contributed by atoms with van der Waals surface area (Å²) in [6.07, 6.45) is 2.51. The van der Waals surface area contributed by atoms with E-state index in [2.05, 4.69) is 9.88 Å². The first-order valence-corrected chi connectivity index (χ1v) is 9.89. The van der Waals surface area contributed by atoms with Gasteiger partial charge in [0.15, 0.2) is 5.13 Å². The van der Waals surface area contributed by atoms with Crippen LogP contribution in [-0.2, 0) is 16.6 Å². The molecular formula is C15H20ClFN4O2S2. The highest BCUT2D eigenvalue weighted by molar-refractivity contribution is 7.89. The van der Waals surface area contributed by atoms with Crippen LogP contribution in [0.5, 0.6) is 0 Å². The second-order valence-electron chi connectivity index (χ2n) is 5.65. The summed E-state index contributed by atoms with van der Waals surface area (Å²) in [4.78, 5) is 7.44. The van der Waals surface area contributed by atoms with Crippen LogP contribution in [0.1, 0.15) is 11.3 Å². The van der Waals surface area contributed by atoms with Crippen molar-refractivity contribution < 1.29 is 12.8 Å². The maximum Gasteiger partial charge on any atom is 0.243 e. The Labute approximate surface area is 156 Å². The van der Waals surface area contributed by atoms with Crippen molar-refractivity contribution in [2.75, 3.05) is 31.9 Å². The number of rotatable bonds is 4. The SMILES string of the molecule is Cl.Nc1ncc(CN2CCCN(S(=O)(=O)c3ccc(F)cc3)CC2)s1. The molecule has 1 aromatic carbocycles. The zero-order valence-corrected chi connectivity index (χ0v) is 15.9. The van der Waals surface area contributed by atoms with Gasteiger partial charge in [-0.2, -0.15) is 4.31 Å². The number of benzene rings is 1. The lowest BCUT2D eigenvalue weighted by atomic mass is 10.4. The number of halogens is 2. The number of sulfonamides is 1. The van der Waals surface area contributed by atoms with Gasteiger partial charge in [0.1, 0.15) is 5.82 Å². The number of anilines is 1. The van der Waals surface area contributed by atoms with Crippen LogP contribution in [0.2, 0.25) is 0 Å². The summed E-state index contributed by atoms with van der Waals surface area (Å²) in [5, 5.41) is 0.542. The van der Waals surface area contributed by atoms with Crippen LogP contribution in [0.15, 0.2) is 35.4 Å². The van der Waals surface area contributed by atoms with E-state index in [0.29, 0.717) is 24.8 Å². The molecule has 0 radical (unpaired) electrons. The van der Waals surface area contributed by atoms with Gasteiger partial charge in [-0.05, 0) is 37.2 Å². The van der Waals surface area contributed by atoms with Crippen molar-refractivity contribution in [3.05, 3.63) is 41.2 Å². The number of nitrogens with two attached hydrogens (primary N) is 1. The minimum Gasteiger partial charge on any atom is -0.375 e. The van der Waals surface area contributed by atoms with Crippen LogP contribution in [0.3, 0.4) is 0 Å². The third kappa shape index (κ3) is 4.89. The number of nitrogens with zero attached hydrogens (tertiary/aromatic N) is 3. The minimum atomic E-state index is -3.58. The Morgan fingerprint density at radius 2 is 1.88 bits per heavy atom. The Morgan fingerprint density at radius 3 is 2.52 bits per heavy atom. The fourth-order valence-electron chi connectivity index (χ4n) is 2.72. The quantitative estimate of drug-likeness (QED) is 0.841. The number of aromatic nitrogens is 1. The van der Waals surface area contributed by atoms with Crippen molar-refractivity contribution in [2.45, 2.75) is 17.9 Å². The van der Waals surface area contributed by atoms with Gasteiger partial charge >= 0.3 is 0 Å². The summed E-state index contributed by atoms with van der Waals surface area (Å²) >= 11 is 1.45. The molecule has 1 aromatic heterocycles. The van der Waals surface area contributed by atoms with E-state index in [9.17, 15) is 12.8 Å². The van der Waals surface area contributed by atoms with Gasteiger partial charge in [-0.15, -0.1) is 23.7 Å². The summed E-state index contributed by atoms with van der Waals surface area (Å²) in [5.74, 6) is -0.445. The zero-order chi connectivity index (χ0) is 17.2. The van der Waals surface area contributed by atoms with Gasteiger partial charge in [0.05, 0.1) is 4.90 Å².